The summed E-state index contributed by atoms with van der Waals surface area (Å²) in [7, 11) is 0. The number of esters is 1. The first-order valence-corrected chi connectivity index (χ1v) is 11.1. The van der Waals surface area contributed by atoms with Crippen molar-refractivity contribution in [3.05, 3.63) is 74.8 Å². The Balaban J connectivity index is 1.79. The Bertz CT molecular complexity index is 1040. The van der Waals surface area contributed by atoms with Gasteiger partial charge in [-0.1, -0.05) is 25.1 Å². The quantitative estimate of drug-likeness (QED) is 0.678. The smallest absolute Gasteiger partial charge is 0.336 e. The Kier molecular flexibility index (Phi) is 5.77. The van der Waals surface area contributed by atoms with Gasteiger partial charge in [-0.25, -0.2) is 4.79 Å². The maximum atomic E-state index is 13.4. The molecule has 4 rings (SSSR count). The topological polar surface area (TPSA) is 75.6 Å². The summed E-state index contributed by atoms with van der Waals surface area (Å²) in [5.41, 5.74) is 3.33. The predicted octanol–water partition coefficient (Wildman–Crippen LogP) is 4.77. The van der Waals surface area contributed by atoms with E-state index in [2.05, 4.69) is 11.4 Å². The number of allylic oxidation sites excluding steroid dienone is 3. The van der Waals surface area contributed by atoms with Crippen molar-refractivity contribution in [3.8, 4) is 5.75 Å². The van der Waals surface area contributed by atoms with Crippen LogP contribution in [0.5, 0.6) is 5.75 Å². The van der Waals surface area contributed by atoms with E-state index < -0.39 is 11.9 Å². The van der Waals surface area contributed by atoms with Crippen molar-refractivity contribution in [2.75, 3.05) is 6.61 Å². The Morgan fingerprint density at radius 2 is 2.10 bits per heavy atom. The van der Waals surface area contributed by atoms with Gasteiger partial charge in [-0.05, 0) is 48.9 Å². The molecule has 1 aliphatic carbocycles. The predicted molar refractivity (Wildman–Crippen MR) is 116 cm³/mol. The van der Waals surface area contributed by atoms with Gasteiger partial charge in [0, 0.05) is 40.1 Å². The molecule has 2 aromatic rings. The number of phenolic OH excluding ortho intramolecular Hbond substituents is 1. The molecule has 0 fully saturated rings. The van der Waals surface area contributed by atoms with Crippen LogP contribution in [-0.2, 0) is 14.3 Å². The molecular formula is C24H25NO4S. The average Bonchev–Trinajstić information content (AvgIpc) is 3.25. The van der Waals surface area contributed by atoms with Crippen molar-refractivity contribution in [1.82, 2.24) is 5.32 Å². The summed E-state index contributed by atoms with van der Waals surface area (Å²) in [5.74, 6) is -0.699. The van der Waals surface area contributed by atoms with E-state index in [1.54, 1.807) is 29.5 Å². The molecule has 0 radical (unpaired) electrons. The third kappa shape index (κ3) is 3.79. The van der Waals surface area contributed by atoms with E-state index in [0.29, 0.717) is 36.3 Å². The van der Waals surface area contributed by atoms with E-state index in [9.17, 15) is 14.7 Å². The monoisotopic (exact) mass is 423 g/mol. The summed E-state index contributed by atoms with van der Waals surface area (Å²) >= 11 is 1.66. The number of hydrogen-bond donors (Lipinski definition) is 2. The summed E-state index contributed by atoms with van der Waals surface area (Å²) in [6.07, 6.45) is 1.84. The largest absolute Gasteiger partial charge is 0.508 e. The molecule has 30 heavy (non-hydrogen) atoms. The van der Waals surface area contributed by atoms with Gasteiger partial charge in [0.1, 0.15) is 5.75 Å². The van der Waals surface area contributed by atoms with E-state index in [1.807, 2.05) is 31.4 Å². The molecule has 0 saturated carbocycles. The standard InChI is InChI=1S/C24H25NO4S/c1-3-9-29-24(28)21-14(2)25-18-12-16(20-8-5-10-30-20)13-19(27)23(18)22(21)15-6-4-7-17(26)11-15/h4-8,10-11,16,22,25-26H,3,9,12-13H2,1-2H3/t16-,22-/m1/s1. The lowest BCUT2D eigenvalue weighted by atomic mass is 9.72. The lowest BCUT2D eigenvalue weighted by Crippen LogP contribution is -2.36. The lowest BCUT2D eigenvalue weighted by Gasteiger charge is -2.36. The Morgan fingerprint density at radius 3 is 2.80 bits per heavy atom. The highest BCUT2D eigenvalue weighted by molar-refractivity contribution is 7.10. The molecule has 156 valence electrons. The maximum absolute atomic E-state index is 13.4. The van der Waals surface area contributed by atoms with Crippen LogP contribution in [0.15, 0.2) is 64.3 Å². The van der Waals surface area contributed by atoms with E-state index in [1.165, 1.54) is 4.88 Å². The number of rotatable bonds is 5. The molecule has 0 bridgehead atoms. The minimum atomic E-state index is -0.547. The van der Waals surface area contributed by atoms with Crippen LogP contribution >= 0.6 is 11.3 Å². The Morgan fingerprint density at radius 1 is 1.27 bits per heavy atom. The van der Waals surface area contributed by atoms with Crippen LogP contribution in [0.2, 0.25) is 0 Å². The Hall–Kier alpha value is -2.86. The van der Waals surface area contributed by atoms with Crippen LogP contribution in [0.4, 0.5) is 0 Å². The molecule has 2 atom stereocenters. The number of aromatic hydroxyl groups is 1. The highest BCUT2D eigenvalue weighted by Gasteiger charge is 2.41. The molecule has 1 aromatic carbocycles. The van der Waals surface area contributed by atoms with E-state index >= 15 is 0 Å². The van der Waals surface area contributed by atoms with Gasteiger partial charge >= 0.3 is 5.97 Å². The van der Waals surface area contributed by atoms with Gasteiger partial charge in [0.25, 0.3) is 0 Å². The van der Waals surface area contributed by atoms with E-state index in [0.717, 1.165) is 17.7 Å². The SMILES string of the molecule is CCCOC(=O)C1=C(C)NC2=C(C(=O)C[C@H](c3cccs3)C2)[C@@H]1c1cccc(O)c1. The maximum Gasteiger partial charge on any atom is 0.336 e. The van der Waals surface area contributed by atoms with Gasteiger partial charge in [0.2, 0.25) is 0 Å². The van der Waals surface area contributed by atoms with Gasteiger partial charge in [0.05, 0.1) is 12.2 Å². The fraction of sp³-hybridized carbons (Fsp3) is 0.333. The van der Waals surface area contributed by atoms with Crippen molar-refractivity contribution in [3.63, 3.8) is 0 Å². The summed E-state index contributed by atoms with van der Waals surface area (Å²) in [4.78, 5) is 27.5. The highest BCUT2D eigenvalue weighted by atomic mass is 32.1. The molecular weight excluding hydrogens is 398 g/mol. The zero-order chi connectivity index (χ0) is 21.3. The van der Waals surface area contributed by atoms with Gasteiger partial charge in [-0.2, -0.15) is 0 Å². The van der Waals surface area contributed by atoms with Crippen molar-refractivity contribution < 1.29 is 19.4 Å². The third-order valence-corrected chi connectivity index (χ3v) is 6.67. The highest BCUT2D eigenvalue weighted by Crippen LogP contribution is 2.46. The number of benzene rings is 1. The molecule has 2 heterocycles. The molecule has 2 N–H and O–H groups in total. The molecule has 0 saturated heterocycles. The second kappa shape index (κ2) is 8.48. The zero-order valence-corrected chi connectivity index (χ0v) is 17.9. The number of thiophene rings is 1. The van der Waals surface area contributed by atoms with Crippen LogP contribution in [0.25, 0.3) is 0 Å². The lowest BCUT2D eigenvalue weighted by molar-refractivity contribution is -0.139. The van der Waals surface area contributed by atoms with Crippen LogP contribution in [-0.4, -0.2) is 23.5 Å². The van der Waals surface area contributed by atoms with Gasteiger partial charge < -0.3 is 15.2 Å². The molecule has 6 heteroatoms. The summed E-state index contributed by atoms with van der Waals surface area (Å²) in [5, 5.41) is 15.4. The average molecular weight is 424 g/mol. The zero-order valence-electron chi connectivity index (χ0n) is 17.1. The minimum absolute atomic E-state index is 0.0313. The van der Waals surface area contributed by atoms with Crippen molar-refractivity contribution in [1.29, 1.82) is 0 Å². The van der Waals surface area contributed by atoms with Gasteiger partial charge in [-0.15, -0.1) is 11.3 Å². The van der Waals surface area contributed by atoms with Crippen LogP contribution in [0.1, 0.15) is 55.4 Å². The number of nitrogens with one attached hydrogen (secondary N) is 1. The van der Waals surface area contributed by atoms with Crippen LogP contribution < -0.4 is 5.32 Å². The van der Waals surface area contributed by atoms with Crippen molar-refractivity contribution >= 4 is 23.1 Å². The normalized spacial score (nSPS) is 21.3. The number of phenols is 1. The third-order valence-electron chi connectivity index (χ3n) is 5.63. The van der Waals surface area contributed by atoms with Crippen LogP contribution in [0.3, 0.4) is 0 Å². The molecule has 0 amide bonds. The van der Waals surface area contributed by atoms with Crippen molar-refractivity contribution in [2.24, 2.45) is 0 Å². The number of carbonyl (C=O) groups is 2. The number of Topliss-reactive ketones (excluding diaryl/α,β-unsaturated/α-hetero) is 1. The second-order valence-electron chi connectivity index (χ2n) is 7.76. The van der Waals surface area contributed by atoms with Gasteiger partial charge in [-0.3, -0.25) is 4.79 Å². The molecule has 1 aliphatic heterocycles. The molecule has 0 spiro atoms. The summed E-state index contributed by atoms with van der Waals surface area (Å²) < 4.78 is 5.45. The fourth-order valence-electron chi connectivity index (χ4n) is 4.34. The summed E-state index contributed by atoms with van der Waals surface area (Å²) in [6, 6.07) is 10.9. The summed E-state index contributed by atoms with van der Waals surface area (Å²) in [6.45, 7) is 4.11. The van der Waals surface area contributed by atoms with Gasteiger partial charge in [0.15, 0.2) is 5.78 Å². The number of carbonyl (C=O) groups excluding carboxylic acids is 2. The second-order valence-corrected chi connectivity index (χ2v) is 8.74. The first-order chi connectivity index (χ1) is 14.5. The minimum Gasteiger partial charge on any atom is -0.508 e. The molecule has 5 nitrogen and oxygen atoms in total. The first-order valence-electron chi connectivity index (χ1n) is 10.2. The number of hydrogen-bond acceptors (Lipinski definition) is 6. The molecule has 1 aromatic heterocycles. The number of dihydropyridines is 1. The number of ketones is 1. The molecule has 0 unspecified atom stereocenters. The first kappa shape index (κ1) is 20.4. The van der Waals surface area contributed by atoms with Crippen molar-refractivity contribution in [2.45, 2.75) is 44.9 Å². The van der Waals surface area contributed by atoms with E-state index in [-0.39, 0.29) is 17.5 Å². The fourth-order valence-corrected chi connectivity index (χ4v) is 5.18. The Labute approximate surface area is 180 Å². The molecule has 2 aliphatic rings. The van der Waals surface area contributed by atoms with E-state index in [4.69, 9.17) is 4.74 Å². The van der Waals surface area contributed by atoms with Crippen LogP contribution in [0, 0.1) is 0 Å². The number of ether oxygens (including phenoxy) is 1.